The zero-order chi connectivity index (χ0) is 18.5. The lowest BCUT2D eigenvalue weighted by atomic mass is 9.51. The molecular formula is C14H21F3N2O5. The lowest BCUT2D eigenvalue weighted by Gasteiger charge is -2.53. The molecule has 24 heavy (non-hydrogen) atoms. The second-order valence-corrected chi connectivity index (χ2v) is 6.18. The summed E-state index contributed by atoms with van der Waals surface area (Å²) < 4.78 is 36.6. The first-order chi connectivity index (χ1) is 11.0. The van der Waals surface area contributed by atoms with Gasteiger partial charge in [-0.3, -0.25) is 9.59 Å². The number of alkyl halides is 3. The van der Waals surface area contributed by atoms with Gasteiger partial charge in [-0.05, 0) is 31.1 Å². The third-order valence-corrected chi connectivity index (χ3v) is 4.38. The summed E-state index contributed by atoms with van der Waals surface area (Å²) >= 11 is 0. The Morgan fingerprint density at radius 3 is 2.12 bits per heavy atom. The molecule has 2 rings (SSSR count). The number of primary amides is 1. The number of hydrogen-bond donors (Lipinski definition) is 3. The third-order valence-electron chi connectivity index (χ3n) is 4.38. The molecule has 7 nitrogen and oxygen atoms in total. The predicted octanol–water partition coefficient (Wildman–Crippen LogP) is 0.816. The molecule has 4 N–H and O–H groups in total. The predicted molar refractivity (Wildman–Crippen MR) is 75.7 cm³/mol. The maximum atomic E-state index is 11.9. The van der Waals surface area contributed by atoms with Crippen molar-refractivity contribution in [3.63, 3.8) is 0 Å². The molecule has 0 saturated heterocycles. The van der Waals surface area contributed by atoms with Gasteiger partial charge in [0.05, 0.1) is 6.61 Å². The van der Waals surface area contributed by atoms with E-state index in [1.165, 1.54) is 26.4 Å². The summed E-state index contributed by atoms with van der Waals surface area (Å²) in [4.78, 5) is 31.8. The highest BCUT2D eigenvalue weighted by Crippen LogP contribution is 2.58. The van der Waals surface area contributed by atoms with E-state index in [9.17, 15) is 22.8 Å². The number of carboxylic acid groups (broad SMARTS) is 1. The molecule has 2 fully saturated rings. The quantitative estimate of drug-likeness (QED) is 0.675. The number of carbonyl (C=O) groups excluding carboxylic acids is 2. The molecule has 0 aliphatic heterocycles. The van der Waals surface area contributed by atoms with E-state index in [0.29, 0.717) is 5.41 Å². The number of carbonyl (C=O) groups is 3. The highest BCUT2D eigenvalue weighted by Gasteiger charge is 2.50. The van der Waals surface area contributed by atoms with Gasteiger partial charge in [0.25, 0.3) is 0 Å². The number of methoxy groups -OCH3 is 1. The third kappa shape index (κ3) is 5.36. The molecule has 2 aliphatic carbocycles. The van der Waals surface area contributed by atoms with Crippen LogP contribution < -0.4 is 11.1 Å². The largest absolute Gasteiger partial charge is 0.490 e. The highest BCUT2D eigenvalue weighted by molar-refractivity contribution is 5.88. The Balaban J connectivity index is 0.000000351. The van der Waals surface area contributed by atoms with E-state index in [1.54, 1.807) is 0 Å². The fraction of sp³-hybridized carbons (Fsp3) is 0.786. The Labute approximate surface area is 136 Å². The summed E-state index contributed by atoms with van der Waals surface area (Å²) in [5.74, 6) is -3.29. The summed E-state index contributed by atoms with van der Waals surface area (Å²) in [6.07, 6.45) is 0.665. The van der Waals surface area contributed by atoms with E-state index in [-0.39, 0.29) is 18.4 Å². The number of aliphatic carboxylic acids is 1. The lowest BCUT2D eigenvalue weighted by molar-refractivity contribution is -0.192. The molecule has 2 aliphatic rings. The van der Waals surface area contributed by atoms with Crippen LogP contribution in [-0.2, 0) is 19.1 Å². The van der Waals surface area contributed by atoms with Crippen LogP contribution in [0.25, 0.3) is 0 Å². The number of hydrogen-bond acceptors (Lipinski definition) is 4. The van der Waals surface area contributed by atoms with Crippen molar-refractivity contribution in [2.75, 3.05) is 13.7 Å². The van der Waals surface area contributed by atoms with Gasteiger partial charge in [-0.25, -0.2) is 4.79 Å². The summed E-state index contributed by atoms with van der Waals surface area (Å²) in [5, 5.41) is 9.79. The van der Waals surface area contributed by atoms with Gasteiger partial charge >= 0.3 is 12.1 Å². The SMILES string of the molecule is COCC(NC(=O)C1CC2(CCC2)C1)C(N)=O.O=C(O)C(F)(F)F. The smallest absolute Gasteiger partial charge is 0.475 e. The first-order valence-electron chi connectivity index (χ1n) is 7.39. The number of nitrogens with two attached hydrogens (primary N) is 1. The van der Waals surface area contributed by atoms with Gasteiger partial charge in [-0.15, -0.1) is 0 Å². The minimum Gasteiger partial charge on any atom is -0.475 e. The number of rotatable bonds is 5. The van der Waals surface area contributed by atoms with E-state index in [4.69, 9.17) is 20.4 Å². The van der Waals surface area contributed by atoms with E-state index < -0.39 is 24.1 Å². The Bertz CT molecular complexity index is 483. The van der Waals surface area contributed by atoms with Crippen molar-refractivity contribution in [3.8, 4) is 0 Å². The standard InChI is InChI=1S/C12H20N2O3.C2HF3O2/c1-17-7-9(10(13)15)14-11(16)8-5-12(6-8)3-2-4-12;3-2(4,5)1(6)7/h8-9H,2-7H2,1H3,(H2,13,15)(H,14,16);(H,6,7). The average molecular weight is 354 g/mol. The van der Waals surface area contributed by atoms with Gasteiger partial charge in [-0.1, -0.05) is 6.42 Å². The minimum atomic E-state index is -5.08. The topological polar surface area (TPSA) is 119 Å². The lowest BCUT2D eigenvalue weighted by Crippen LogP contribution is -2.54. The molecule has 0 radical (unpaired) electrons. The number of halogens is 3. The van der Waals surface area contributed by atoms with Crippen LogP contribution in [0.4, 0.5) is 13.2 Å². The maximum absolute atomic E-state index is 11.9. The molecule has 1 unspecified atom stereocenters. The summed E-state index contributed by atoms with van der Waals surface area (Å²) in [5.41, 5.74) is 5.65. The molecule has 2 saturated carbocycles. The van der Waals surface area contributed by atoms with E-state index in [1.807, 2.05) is 0 Å². The van der Waals surface area contributed by atoms with Crippen molar-refractivity contribution in [1.29, 1.82) is 0 Å². The number of amides is 2. The van der Waals surface area contributed by atoms with Crippen molar-refractivity contribution in [2.45, 2.75) is 44.3 Å². The van der Waals surface area contributed by atoms with Crippen molar-refractivity contribution < 1.29 is 37.4 Å². The summed E-state index contributed by atoms with van der Waals surface area (Å²) in [7, 11) is 1.48. The van der Waals surface area contributed by atoms with Crippen molar-refractivity contribution in [1.82, 2.24) is 5.32 Å². The second kappa shape index (κ2) is 7.82. The van der Waals surface area contributed by atoms with E-state index in [0.717, 1.165) is 12.8 Å². The molecule has 138 valence electrons. The van der Waals surface area contributed by atoms with Crippen LogP contribution in [0.5, 0.6) is 0 Å². The summed E-state index contributed by atoms with van der Waals surface area (Å²) in [6.45, 7) is 0.138. The number of ether oxygens (including phenoxy) is 1. The van der Waals surface area contributed by atoms with Gasteiger partial charge in [0, 0.05) is 13.0 Å². The Kier molecular flexibility index (Phi) is 6.58. The van der Waals surface area contributed by atoms with Crippen LogP contribution >= 0.6 is 0 Å². The van der Waals surface area contributed by atoms with Gasteiger partial charge in [0.1, 0.15) is 6.04 Å². The molecule has 0 aromatic heterocycles. The maximum Gasteiger partial charge on any atom is 0.490 e. The van der Waals surface area contributed by atoms with Gasteiger partial charge in [0.2, 0.25) is 11.8 Å². The van der Waals surface area contributed by atoms with Crippen LogP contribution in [0.15, 0.2) is 0 Å². The second-order valence-electron chi connectivity index (χ2n) is 6.18. The minimum absolute atomic E-state index is 0.0524. The zero-order valence-corrected chi connectivity index (χ0v) is 13.2. The van der Waals surface area contributed by atoms with Gasteiger partial charge in [0.15, 0.2) is 0 Å². The summed E-state index contributed by atoms with van der Waals surface area (Å²) in [6, 6.07) is -0.703. The highest BCUT2D eigenvalue weighted by atomic mass is 19.4. The average Bonchev–Trinajstić information content (AvgIpc) is 2.34. The fourth-order valence-corrected chi connectivity index (χ4v) is 2.91. The van der Waals surface area contributed by atoms with Crippen LogP contribution in [0.3, 0.4) is 0 Å². The molecule has 0 aromatic rings. The van der Waals surface area contributed by atoms with Crippen LogP contribution in [0.2, 0.25) is 0 Å². The van der Waals surface area contributed by atoms with Crippen molar-refractivity contribution in [3.05, 3.63) is 0 Å². The van der Waals surface area contributed by atoms with Gasteiger partial charge in [-0.2, -0.15) is 13.2 Å². The molecule has 0 aromatic carbocycles. The number of nitrogens with one attached hydrogen (secondary N) is 1. The molecular weight excluding hydrogens is 333 g/mol. The van der Waals surface area contributed by atoms with E-state index >= 15 is 0 Å². The van der Waals surface area contributed by atoms with Crippen molar-refractivity contribution in [2.24, 2.45) is 17.1 Å². The monoisotopic (exact) mass is 354 g/mol. The molecule has 10 heteroatoms. The van der Waals surface area contributed by atoms with Gasteiger partial charge < -0.3 is 20.9 Å². The van der Waals surface area contributed by atoms with Crippen LogP contribution in [0, 0.1) is 11.3 Å². The van der Waals surface area contributed by atoms with Crippen LogP contribution in [-0.4, -0.2) is 48.8 Å². The molecule has 0 heterocycles. The van der Waals surface area contributed by atoms with Crippen LogP contribution in [0.1, 0.15) is 32.1 Å². The first-order valence-corrected chi connectivity index (χ1v) is 7.39. The molecule has 1 spiro atoms. The normalized spacial score (nSPS) is 20.0. The zero-order valence-electron chi connectivity index (χ0n) is 13.2. The first kappa shape index (κ1) is 20.2. The molecule has 2 amide bonds. The Morgan fingerprint density at radius 2 is 1.83 bits per heavy atom. The van der Waals surface area contributed by atoms with E-state index in [2.05, 4.69) is 5.32 Å². The Morgan fingerprint density at radius 1 is 1.33 bits per heavy atom. The van der Waals surface area contributed by atoms with Crippen molar-refractivity contribution >= 4 is 17.8 Å². The Hall–Kier alpha value is -1.84. The number of carboxylic acids is 1. The molecule has 1 atom stereocenters. The fourth-order valence-electron chi connectivity index (χ4n) is 2.91. The molecule has 0 bridgehead atoms.